The van der Waals surface area contributed by atoms with Crippen LogP contribution in [-0.2, 0) is 13.3 Å². The molecule has 110 valence electrons. The Labute approximate surface area is 119 Å². The molecule has 0 heterocycles. The van der Waals surface area contributed by atoms with Gasteiger partial charge in [-0.05, 0) is 31.9 Å². The van der Waals surface area contributed by atoms with Crippen molar-refractivity contribution in [2.75, 3.05) is 25.6 Å². The van der Waals surface area contributed by atoms with Gasteiger partial charge in [0.15, 0.2) is 0 Å². The van der Waals surface area contributed by atoms with E-state index in [1.165, 1.54) is 0 Å². The molecule has 5 heteroatoms. The van der Waals surface area contributed by atoms with E-state index in [1.54, 1.807) is 0 Å². The highest BCUT2D eigenvalue weighted by Crippen LogP contribution is 2.19. The second-order valence-electron chi connectivity index (χ2n) is 4.35. The van der Waals surface area contributed by atoms with Crippen LogP contribution >= 0.6 is 12.6 Å². The lowest BCUT2D eigenvalue weighted by atomic mass is 10.4. The van der Waals surface area contributed by atoms with Crippen LogP contribution < -0.4 is 0 Å². The SMILES string of the molecule is CCCCO[Si](CCCS)(OCC)OCCCC. The largest absolute Gasteiger partial charge is 0.500 e. The zero-order valence-corrected chi connectivity index (χ0v) is 14.1. The van der Waals surface area contributed by atoms with E-state index in [1.807, 2.05) is 6.92 Å². The van der Waals surface area contributed by atoms with Crippen LogP contribution in [0.25, 0.3) is 0 Å². The van der Waals surface area contributed by atoms with Crippen molar-refractivity contribution in [3.05, 3.63) is 0 Å². The fraction of sp³-hybridized carbons (Fsp3) is 1.00. The van der Waals surface area contributed by atoms with E-state index in [2.05, 4.69) is 26.5 Å². The van der Waals surface area contributed by atoms with Gasteiger partial charge in [0.2, 0.25) is 0 Å². The molecule has 0 aromatic rings. The summed E-state index contributed by atoms with van der Waals surface area (Å²) in [4.78, 5) is 0. The molecule has 0 bridgehead atoms. The van der Waals surface area contributed by atoms with Crippen molar-refractivity contribution in [2.24, 2.45) is 0 Å². The molecule has 0 aliphatic carbocycles. The van der Waals surface area contributed by atoms with Crippen molar-refractivity contribution < 1.29 is 13.3 Å². The minimum Gasteiger partial charge on any atom is -0.374 e. The molecule has 0 aliphatic rings. The molecule has 0 saturated carbocycles. The topological polar surface area (TPSA) is 27.7 Å². The summed E-state index contributed by atoms with van der Waals surface area (Å²) in [6.07, 6.45) is 5.41. The average molecular weight is 295 g/mol. The second kappa shape index (κ2) is 12.5. The molecular weight excluding hydrogens is 264 g/mol. The minimum absolute atomic E-state index is 0.664. The van der Waals surface area contributed by atoms with E-state index >= 15 is 0 Å². The van der Waals surface area contributed by atoms with Crippen molar-refractivity contribution in [2.45, 2.75) is 58.9 Å². The summed E-state index contributed by atoms with van der Waals surface area (Å²) in [6, 6.07) is 0.887. The van der Waals surface area contributed by atoms with Crippen LogP contribution in [0.5, 0.6) is 0 Å². The first-order valence-corrected chi connectivity index (χ1v) is 9.83. The van der Waals surface area contributed by atoms with Crippen molar-refractivity contribution in [1.82, 2.24) is 0 Å². The molecule has 0 radical (unpaired) electrons. The molecular formula is C13H30O3SSi. The number of hydrogen-bond acceptors (Lipinski definition) is 4. The van der Waals surface area contributed by atoms with Gasteiger partial charge in [0.1, 0.15) is 0 Å². The Kier molecular flexibility index (Phi) is 12.8. The van der Waals surface area contributed by atoms with E-state index in [9.17, 15) is 0 Å². The fourth-order valence-corrected chi connectivity index (χ4v) is 4.70. The third-order valence-corrected chi connectivity index (χ3v) is 5.94. The molecule has 0 rings (SSSR count). The van der Waals surface area contributed by atoms with Crippen LogP contribution in [0.2, 0.25) is 6.04 Å². The summed E-state index contributed by atoms with van der Waals surface area (Å²) in [5.74, 6) is 0.857. The van der Waals surface area contributed by atoms with Gasteiger partial charge in [0, 0.05) is 25.9 Å². The summed E-state index contributed by atoms with van der Waals surface area (Å²) in [5, 5.41) is 0. The van der Waals surface area contributed by atoms with Gasteiger partial charge in [0.05, 0.1) is 0 Å². The van der Waals surface area contributed by atoms with Crippen LogP contribution in [0.3, 0.4) is 0 Å². The maximum atomic E-state index is 6.02. The average Bonchev–Trinajstić information content (AvgIpc) is 2.37. The van der Waals surface area contributed by atoms with Gasteiger partial charge < -0.3 is 13.3 Å². The highest BCUT2D eigenvalue weighted by atomic mass is 32.1. The molecule has 0 saturated heterocycles. The highest BCUT2D eigenvalue weighted by Gasteiger charge is 2.39. The molecule has 0 unspecified atom stereocenters. The zero-order valence-electron chi connectivity index (χ0n) is 12.2. The van der Waals surface area contributed by atoms with E-state index < -0.39 is 8.80 Å². The summed E-state index contributed by atoms with van der Waals surface area (Å²) in [7, 11) is -2.44. The third-order valence-electron chi connectivity index (χ3n) is 2.65. The Hall–Kier alpha value is 0.447. The van der Waals surface area contributed by atoms with E-state index in [4.69, 9.17) is 13.3 Å². The predicted molar refractivity (Wildman–Crippen MR) is 82.4 cm³/mol. The van der Waals surface area contributed by atoms with Crippen LogP contribution in [0.4, 0.5) is 0 Å². The Bertz CT molecular complexity index is 172. The standard InChI is InChI=1S/C13H30O3SSi/c1-4-7-10-15-18(14-6-3,13-9-12-17)16-11-8-5-2/h17H,4-13H2,1-3H3. The van der Waals surface area contributed by atoms with Crippen molar-refractivity contribution in [1.29, 1.82) is 0 Å². The molecule has 3 nitrogen and oxygen atoms in total. The number of rotatable bonds is 13. The van der Waals surface area contributed by atoms with E-state index in [0.29, 0.717) is 6.61 Å². The Morgan fingerprint density at radius 3 is 1.78 bits per heavy atom. The molecule has 0 aromatic carbocycles. The van der Waals surface area contributed by atoms with Gasteiger partial charge in [-0.2, -0.15) is 12.6 Å². The third kappa shape index (κ3) is 8.53. The lowest BCUT2D eigenvalue weighted by Gasteiger charge is -2.29. The first-order valence-electron chi connectivity index (χ1n) is 7.27. The van der Waals surface area contributed by atoms with Crippen molar-refractivity contribution >= 4 is 21.4 Å². The van der Waals surface area contributed by atoms with Gasteiger partial charge >= 0.3 is 8.80 Å². The first kappa shape index (κ1) is 18.4. The smallest absolute Gasteiger partial charge is 0.374 e. The van der Waals surface area contributed by atoms with Crippen LogP contribution in [0, 0.1) is 0 Å². The highest BCUT2D eigenvalue weighted by molar-refractivity contribution is 7.80. The van der Waals surface area contributed by atoms with Crippen LogP contribution in [0.15, 0.2) is 0 Å². The maximum absolute atomic E-state index is 6.02. The molecule has 0 N–H and O–H groups in total. The minimum atomic E-state index is -2.44. The van der Waals surface area contributed by atoms with Crippen LogP contribution in [0.1, 0.15) is 52.9 Å². The Morgan fingerprint density at radius 2 is 1.39 bits per heavy atom. The number of unbranched alkanes of at least 4 members (excludes halogenated alkanes) is 2. The molecule has 0 spiro atoms. The second-order valence-corrected chi connectivity index (χ2v) is 7.53. The monoisotopic (exact) mass is 294 g/mol. The molecule has 0 atom stereocenters. The molecule has 0 amide bonds. The van der Waals surface area contributed by atoms with Crippen molar-refractivity contribution in [3.63, 3.8) is 0 Å². The van der Waals surface area contributed by atoms with Gasteiger partial charge in [0.25, 0.3) is 0 Å². The summed E-state index contributed by atoms with van der Waals surface area (Å²) in [5.41, 5.74) is 0. The normalized spacial score (nSPS) is 12.0. The van der Waals surface area contributed by atoms with Gasteiger partial charge in [-0.15, -0.1) is 0 Å². The number of hydrogen-bond donors (Lipinski definition) is 1. The predicted octanol–water partition coefficient (Wildman–Crippen LogP) is 3.92. The number of thiol groups is 1. The van der Waals surface area contributed by atoms with E-state index in [-0.39, 0.29) is 0 Å². The Morgan fingerprint density at radius 1 is 0.833 bits per heavy atom. The first-order chi connectivity index (χ1) is 8.74. The molecule has 0 aliphatic heterocycles. The fourth-order valence-electron chi connectivity index (χ4n) is 1.60. The summed E-state index contributed by atoms with van der Waals surface area (Å²) >= 11 is 4.28. The summed E-state index contributed by atoms with van der Waals surface area (Å²) < 4.78 is 17.9. The zero-order chi connectivity index (χ0) is 13.7. The molecule has 0 aromatic heterocycles. The molecule has 0 fully saturated rings. The van der Waals surface area contributed by atoms with Gasteiger partial charge in [-0.25, -0.2) is 0 Å². The lowest BCUT2D eigenvalue weighted by Crippen LogP contribution is -2.46. The van der Waals surface area contributed by atoms with Gasteiger partial charge in [-0.1, -0.05) is 26.7 Å². The molecule has 18 heavy (non-hydrogen) atoms. The Balaban J connectivity index is 4.34. The maximum Gasteiger partial charge on any atom is 0.500 e. The van der Waals surface area contributed by atoms with Crippen molar-refractivity contribution in [3.8, 4) is 0 Å². The van der Waals surface area contributed by atoms with Crippen LogP contribution in [-0.4, -0.2) is 34.4 Å². The lowest BCUT2D eigenvalue weighted by molar-refractivity contribution is 0.0610. The quantitative estimate of drug-likeness (QED) is 0.317. The van der Waals surface area contributed by atoms with Gasteiger partial charge in [-0.3, -0.25) is 0 Å². The van der Waals surface area contributed by atoms with E-state index in [0.717, 1.165) is 57.1 Å². The summed E-state index contributed by atoms with van der Waals surface area (Å²) in [6.45, 7) is 8.51.